The third-order valence-electron chi connectivity index (χ3n) is 3.39. The molecule has 2 aromatic carbocycles. The minimum absolute atomic E-state index is 0.113. The number of benzene rings is 2. The summed E-state index contributed by atoms with van der Waals surface area (Å²) in [6.07, 6.45) is -0.762. The third-order valence-corrected chi connectivity index (χ3v) is 4.05. The van der Waals surface area contributed by atoms with E-state index >= 15 is 0 Å². The van der Waals surface area contributed by atoms with Gasteiger partial charge in [0.05, 0.1) is 6.10 Å². The summed E-state index contributed by atoms with van der Waals surface area (Å²) < 4.78 is 11.9. The van der Waals surface area contributed by atoms with Gasteiger partial charge < -0.3 is 9.47 Å². The number of rotatable bonds is 2. The smallest absolute Gasteiger partial charge is 0.185 e. The maximum atomic E-state index is 6.25. The Morgan fingerprint density at radius 3 is 2.15 bits per heavy atom. The van der Waals surface area contributed by atoms with Crippen molar-refractivity contribution in [2.75, 3.05) is 0 Å². The molecule has 104 valence electrons. The van der Waals surface area contributed by atoms with E-state index in [0.717, 1.165) is 11.1 Å². The first-order valence-corrected chi connectivity index (χ1v) is 7.22. The molecule has 3 atom stereocenters. The third kappa shape index (κ3) is 2.57. The van der Waals surface area contributed by atoms with Gasteiger partial charge in [-0.25, -0.2) is 0 Å². The summed E-state index contributed by atoms with van der Waals surface area (Å²) in [5.74, 6) is 0. The van der Waals surface area contributed by atoms with Gasteiger partial charge in [0.25, 0.3) is 0 Å². The normalized spacial score (nSPS) is 25.9. The van der Waals surface area contributed by atoms with Crippen molar-refractivity contribution in [2.24, 2.45) is 0 Å². The van der Waals surface area contributed by atoms with Gasteiger partial charge in [-0.05, 0) is 19.1 Å². The summed E-state index contributed by atoms with van der Waals surface area (Å²) in [6, 6.07) is 15.3. The number of ether oxygens (including phenoxy) is 2. The summed E-state index contributed by atoms with van der Waals surface area (Å²) in [5, 5.41) is 1.21. The molecule has 0 radical (unpaired) electrons. The van der Waals surface area contributed by atoms with Crippen LogP contribution in [0.1, 0.15) is 30.4 Å². The van der Waals surface area contributed by atoms with E-state index < -0.39 is 0 Å². The molecule has 0 aromatic heterocycles. The maximum absolute atomic E-state index is 6.25. The molecule has 4 heteroatoms. The van der Waals surface area contributed by atoms with Crippen LogP contribution in [0, 0.1) is 0 Å². The second-order valence-corrected chi connectivity index (χ2v) is 5.59. The second kappa shape index (κ2) is 5.74. The molecule has 0 bridgehead atoms. The largest absolute Gasteiger partial charge is 0.342 e. The van der Waals surface area contributed by atoms with Crippen LogP contribution in [0.5, 0.6) is 0 Å². The predicted molar refractivity (Wildman–Crippen MR) is 80.0 cm³/mol. The molecule has 0 aliphatic carbocycles. The number of hydrogen-bond acceptors (Lipinski definition) is 2. The van der Waals surface area contributed by atoms with E-state index in [1.807, 2.05) is 55.5 Å². The zero-order valence-electron chi connectivity index (χ0n) is 10.9. The molecular formula is C16H14Cl2O2. The highest BCUT2D eigenvalue weighted by atomic mass is 35.5. The van der Waals surface area contributed by atoms with Crippen LogP contribution in [0.15, 0.2) is 48.5 Å². The van der Waals surface area contributed by atoms with Crippen molar-refractivity contribution in [1.29, 1.82) is 0 Å². The van der Waals surface area contributed by atoms with Crippen molar-refractivity contribution in [3.63, 3.8) is 0 Å². The van der Waals surface area contributed by atoms with Crippen LogP contribution >= 0.6 is 23.2 Å². The van der Waals surface area contributed by atoms with E-state index in [2.05, 4.69) is 0 Å². The quantitative estimate of drug-likeness (QED) is 0.762. The molecular weight excluding hydrogens is 295 g/mol. The average molecular weight is 309 g/mol. The topological polar surface area (TPSA) is 18.5 Å². The Kier molecular flexibility index (Phi) is 3.99. The molecule has 2 nitrogen and oxygen atoms in total. The van der Waals surface area contributed by atoms with Gasteiger partial charge in [-0.1, -0.05) is 59.6 Å². The molecule has 0 amide bonds. The zero-order valence-corrected chi connectivity index (χ0v) is 12.4. The van der Waals surface area contributed by atoms with Crippen LogP contribution in [-0.2, 0) is 9.47 Å². The highest BCUT2D eigenvalue weighted by Crippen LogP contribution is 2.44. The summed E-state index contributed by atoms with van der Waals surface area (Å²) in [6.45, 7) is 1.97. The predicted octanol–water partition coefficient (Wildman–Crippen LogP) is 5.17. The van der Waals surface area contributed by atoms with Crippen molar-refractivity contribution >= 4 is 23.2 Å². The van der Waals surface area contributed by atoms with Crippen LogP contribution in [-0.4, -0.2) is 6.10 Å². The zero-order chi connectivity index (χ0) is 14.1. The molecule has 1 fully saturated rings. The minimum Gasteiger partial charge on any atom is -0.342 e. The molecule has 1 unspecified atom stereocenters. The molecule has 2 aromatic rings. The van der Waals surface area contributed by atoms with Crippen molar-refractivity contribution in [3.05, 3.63) is 69.7 Å². The van der Waals surface area contributed by atoms with Gasteiger partial charge in [-0.15, -0.1) is 0 Å². The summed E-state index contributed by atoms with van der Waals surface area (Å²) in [4.78, 5) is 0. The Labute approximate surface area is 128 Å². The first-order valence-electron chi connectivity index (χ1n) is 6.46. The van der Waals surface area contributed by atoms with Gasteiger partial charge in [0.1, 0.15) is 6.10 Å². The lowest BCUT2D eigenvalue weighted by Gasteiger charge is -2.16. The van der Waals surface area contributed by atoms with Gasteiger partial charge in [-0.2, -0.15) is 0 Å². The molecule has 1 saturated heterocycles. The van der Waals surface area contributed by atoms with Gasteiger partial charge in [0, 0.05) is 21.2 Å². The van der Waals surface area contributed by atoms with E-state index in [0.29, 0.717) is 10.0 Å². The standard InChI is InChI=1S/C16H14Cl2O2/c1-10-15(14-12(17)8-5-9-13(14)18)20-16(19-10)11-6-3-2-4-7-11/h2-10,15-16H,1H3/t10-,15+,16?/m0/s1. The average Bonchev–Trinajstić information content (AvgIpc) is 2.82. The summed E-state index contributed by atoms with van der Waals surface area (Å²) in [7, 11) is 0. The second-order valence-electron chi connectivity index (χ2n) is 4.78. The molecule has 3 rings (SSSR count). The van der Waals surface area contributed by atoms with E-state index in [9.17, 15) is 0 Å². The van der Waals surface area contributed by atoms with Crippen molar-refractivity contribution in [2.45, 2.75) is 25.4 Å². The Bertz CT molecular complexity index is 580. The van der Waals surface area contributed by atoms with Gasteiger partial charge in [0.2, 0.25) is 0 Å². The summed E-state index contributed by atoms with van der Waals surface area (Å²) in [5.41, 5.74) is 1.78. The highest BCUT2D eigenvalue weighted by Gasteiger charge is 2.37. The van der Waals surface area contributed by atoms with Crippen LogP contribution in [0.25, 0.3) is 0 Å². The molecule has 1 aliphatic rings. The molecule has 1 aliphatic heterocycles. The van der Waals surface area contributed by atoms with Gasteiger partial charge in [0.15, 0.2) is 6.29 Å². The van der Waals surface area contributed by atoms with Crippen LogP contribution in [0.4, 0.5) is 0 Å². The van der Waals surface area contributed by atoms with E-state index in [1.54, 1.807) is 0 Å². The van der Waals surface area contributed by atoms with Crippen LogP contribution in [0.2, 0.25) is 10.0 Å². The lowest BCUT2D eigenvalue weighted by atomic mass is 10.1. The molecule has 1 heterocycles. The Morgan fingerprint density at radius 2 is 1.50 bits per heavy atom. The monoisotopic (exact) mass is 308 g/mol. The summed E-state index contributed by atoms with van der Waals surface area (Å²) >= 11 is 12.5. The fourth-order valence-electron chi connectivity index (χ4n) is 2.39. The first kappa shape index (κ1) is 13.9. The van der Waals surface area contributed by atoms with Crippen LogP contribution < -0.4 is 0 Å². The molecule has 0 N–H and O–H groups in total. The van der Waals surface area contributed by atoms with Crippen molar-refractivity contribution < 1.29 is 9.47 Å². The molecule has 0 spiro atoms. The molecule has 0 saturated carbocycles. The lowest BCUT2D eigenvalue weighted by molar-refractivity contribution is -0.0676. The van der Waals surface area contributed by atoms with Crippen molar-refractivity contribution in [3.8, 4) is 0 Å². The van der Waals surface area contributed by atoms with Gasteiger partial charge in [-0.3, -0.25) is 0 Å². The Balaban J connectivity index is 1.90. The Morgan fingerprint density at radius 1 is 0.850 bits per heavy atom. The van der Waals surface area contributed by atoms with Crippen LogP contribution in [0.3, 0.4) is 0 Å². The highest BCUT2D eigenvalue weighted by molar-refractivity contribution is 6.36. The maximum Gasteiger partial charge on any atom is 0.185 e. The first-order chi connectivity index (χ1) is 9.66. The fourth-order valence-corrected chi connectivity index (χ4v) is 3.01. The Hall–Kier alpha value is -1.06. The van der Waals surface area contributed by atoms with Gasteiger partial charge >= 0.3 is 0 Å². The lowest BCUT2D eigenvalue weighted by Crippen LogP contribution is -2.11. The molecule has 20 heavy (non-hydrogen) atoms. The fraction of sp³-hybridized carbons (Fsp3) is 0.250. The minimum atomic E-state index is -0.386. The number of halogens is 2. The van der Waals surface area contributed by atoms with E-state index in [-0.39, 0.29) is 18.5 Å². The SMILES string of the molecule is C[C@@H]1OC(c2ccccc2)O[C@H]1c1c(Cl)cccc1Cl. The van der Waals surface area contributed by atoms with Crippen molar-refractivity contribution in [1.82, 2.24) is 0 Å². The van der Waals surface area contributed by atoms with E-state index in [1.165, 1.54) is 0 Å². The van der Waals surface area contributed by atoms with E-state index in [4.69, 9.17) is 32.7 Å². The number of hydrogen-bond donors (Lipinski definition) is 0.